The van der Waals surface area contributed by atoms with Gasteiger partial charge >= 0.3 is 0 Å². The maximum Gasteiger partial charge on any atom is 0.224 e. The van der Waals surface area contributed by atoms with Gasteiger partial charge in [0.15, 0.2) is 0 Å². The zero-order chi connectivity index (χ0) is 18.0. The molecule has 1 aromatic carbocycles. The number of aromatic amines is 1. The fourth-order valence-corrected chi connectivity index (χ4v) is 2.90. The Hall–Kier alpha value is -2.77. The first-order chi connectivity index (χ1) is 12.0. The van der Waals surface area contributed by atoms with E-state index in [0.717, 1.165) is 17.3 Å². The molecular weight excluding hydrogens is 328 g/mol. The molecule has 6 nitrogen and oxygen atoms in total. The van der Waals surface area contributed by atoms with E-state index in [2.05, 4.69) is 20.4 Å². The van der Waals surface area contributed by atoms with Crippen molar-refractivity contribution in [2.75, 3.05) is 6.54 Å². The molecule has 0 saturated carbocycles. The van der Waals surface area contributed by atoms with Crippen LogP contribution in [0.3, 0.4) is 0 Å². The lowest BCUT2D eigenvalue weighted by Gasteiger charge is -2.12. The maximum atomic E-state index is 13.8. The van der Waals surface area contributed by atoms with Crippen LogP contribution in [0.15, 0.2) is 24.8 Å². The molecule has 0 saturated heterocycles. The number of aromatic nitrogens is 4. The summed E-state index contributed by atoms with van der Waals surface area (Å²) >= 11 is 0. The summed E-state index contributed by atoms with van der Waals surface area (Å²) in [6, 6.07) is 2.17. The number of halogens is 2. The van der Waals surface area contributed by atoms with Gasteiger partial charge < -0.3 is 10.3 Å². The van der Waals surface area contributed by atoms with E-state index in [1.165, 1.54) is 12.4 Å². The van der Waals surface area contributed by atoms with Gasteiger partial charge in [-0.1, -0.05) is 6.92 Å². The van der Waals surface area contributed by atoms with Crippen molar-refractivity contribution in [3.05, 3.63) is 47.7 Å². The zero-order valence-electron chi connectivity index (χ0n) is 14.0. The lowest BCUT2D eigenvalue weighted by molar-refractivity contribution is -0.124. The van der Waals surface area contributed by atoms with Crippen LogP contribution in [-0.2, 0) is 17.8 Å². The Balaban J connectivity index is 1.63. The summed E-state index contributed by atoms with van der Waals surface area (Å²) < 4.78 is 28.9. The molecule has 0 fully saturated rings. The molecule has 0 aliphatic rings. The van der Waals surface area contributed by atoms with Gasteiger partial charge in [-0.05, 0) is 25.0 Å². The second kappa shape index (κ2) is 7.00. The predicted octanol–water partition coefficient (Wildman–Crippen LogP) is 2.34. The first-order valence-electron chi connectivity index (χ1n) is 8.02. The number of carbonyl (C=O) groups excluding carboxylic acids is 1. The molecule has 0 spiro atoms. The van der Waals surface area contributed by atoms with Crippen molar-refractivity contribution in [2.45, 2.75) is 26.8 Å². The van der Waals surface area contributed by atoms with Crippen LogP contribution >= 0.6 is 0 Å². The number of hydrogen-bond donors (Lipinski definition) is 2. The standard InChI is InChI=1S/C17H19F2N5O/c1-10(7-24-9-20-8-22-24)17(25)21-4-3-13-11(2)23-16-14(13)5-12(18)6-15(16)19/h5-6,8-10,23H,3-4,7H2,1-2H3,(H,21,25)/t10-/m0/s1. The highest BCUT2D eigenvalue weighted by molar-refractivity contribution is 5.85. The first kappa shape index (κ1) is 17.1. The molecule has 25 heavy (non-hydrogen) atoms. The van der Waals surface area contributed by atoms with Gasteiger partial charge in [0.2, 0.25) is 5.91 Å². The summed E-state index contributed by atoms with van der Waals surface area (Å²) in [6.45, 7) is 4.43. The molecule has 1 amide bonds. The Labute approximate surface area is 143 Å². The third-order valence-electron chi connectivity index (χ3n) is 4.19. The molecular formula is C17H19F2N5O. The molecule has 8 heteroatoms. The van der Waals surface area contributed by atoms with Crippen LogP contribution in [-0.4, -0.2) is 32.2 Å². The van der Waals surface area contributed by atoms with E-state index in [4.69, 9.17) is 0 Å². The molecule has 3 aromatic rings. The molecule has 132 valence electrons. The summed E-state index contributed by atoms with van der Waals surface area (Å²) in [5.74, 6) is -1.60. The number of aryl methyl sites for hydroxylation is 1. The number of fused-ring (bicyclic) bond motifs is 1. The zero-order valence-corrected chi connectivity index (χ0v) is 14.0. The van der Waals surface area contributed by atoms with Crippen molar-refractivity contribution in [1.82, 2.24) is 25.1 Å². The monoisotopic (exact) mass is 347 g/mol. The largest absolute Gasteiger partial charge is 0.356 e. The minimum absolute atomic E-state index is 0.106. The van der Waals surface area contributed by atoms with Gasteiger partial charge in [-0.25, -0.2) is 13.8 Å². The van der Waals surface area contributed by atoms with Crippen molar-refractivity contribution in [3.8, 4) is 0 Å². The molecule has 0 aliphatic heterocycles. The van der Waals surface area contributed by atoms with Gasteiger partial charge in [-0.15, -0.1) is 0 Å². The van der Waals surface area contributed by atoms with Crippen LogP contribution in [0.5, 0.6) is 0 Å². The smallest absolute Gasteiger partial charge is 0.224 e. The maximum absolute atomic E-state index is 13.8. The second-order valence-electron chi connectivity index (χ2n) is 6.10. The molecule has 0 bridgehead atoms. The van der Waals surface area contributed by atoms with Gasteiger partial charge in [0, 0.05) is 23.7 Å². The van der Waals surface area contributed by atoms with E-state index in [1.54, 1.807) is 17.9 Å². The average Bonchev–Trinajstić information content (AvgIpc) is 3.16. The van der Waals surface area contributed by atoms with E-state index < -0.39 is 11.6 Å². The van der Waals surface area contributed by atoms with Gasteiger partial charge in [0.25, 0.3) is 0 Å². The summed E-state index contributed by atoms with van der Waals surface area (Å²) in [4.78, 5) is 18.9. The van der Waals surface area contributed by atoms with Crippen molar-refractivity contribution in [2.24, 2.45) is 5.92 Å². The molecule has 2 N–H and O–H groups in total. The molecule has 0 unspecified atom stereocenters. The first-order valence-corrected chi connectivity index (χ1v) is 8.02. The van der Waals surface area contributed by atoms with Crippen LogP contribution in [0.25, 0.3) is 10.9 Å². The Morgan fingerprint density at radius 2 is 2.20 bits per heavy atom. The SMILES string of the molecule is Cc1[nH]c2c(F)cc(F)cc2c1CCNC(=O)[C@@H](C)Cn1cncn1. The van der Waals surface area contributed by atoms with Crippen molar-refractivity contribution >= 4 is 16.8 Å². The van der Waals surface area contributed by atoms with Crippen molar-refractivity contribution in [1.29, 1.82) is 0 Å². The second-order valence-corrected chi connectivity index (χ2v) is 6.10. The highest BCUT2D eigenvalue weighted by Gasteiger charge is 2.16. The van der Waals surface area contributed by atoms with Gasteiger partial charge in [-0.2, -0.15) is 5.10 Å². The van der Waals surface area contributed by atoms with Gasteiger partial charge in [0.1, 0.15) is 24.3 Å². The lowest BCUT2D eigenvalue weighted by atomic mass is 10.1. The molecule has 2 heterocycles. The van der Waals surface area contributed by atoms with Crippen LogP contribution < -0.4 is 5.32 Å². The number of hydrogen-bond acceptors (Lipinski definition) is 3. The lowest BCUT2D eigenvalue weighted by Crippen LogP contribution is -2.33. The Morgan fingerprint density at radius 1 is 1.40 bits per heavy atom. The third kappa shape index (κ3) is 3.67. The molecule has 0 radical (unpaired) electrons. The summed E-state index contributed by atoms with van der Waals surface area (Å²) in [6.07, 6.45) is 3.46. The normalized spacial score (nSPS) is 12.5. The van der Waals surface area contributed by atoms with Gasteiger partial charge in [0.05, 0.1) is 18.0 Å². The van der Waals surface area contributed by atoms with E-state index in [-0.39, 0.29) is 11.8 Å². The van der Waals surface area contributed by atoms with E-state index >= 15 is 0 Å². The fourth-order valence-electron chi connectivity index (χ4n) is 2.90. The number of H-pyrrole nitrogens is 1. The number of rotatable bonds is 6. The number of amides is 1. The van der Waals surface area contributed by atoms with Gasteiger partial charge in [-0.3, -0.25) is 9.48 Å². The van der Waals surface area contributed by atoms with Crippen molar-refractivity contribution in [3.63, 3.8) is 0 Å². The van der Waals surface area contributed by atoms with E-state index in [0.29, 0.717) is 30.4 Å². The quantitative estimate of drug-likeness (QED) is 0.719. The van der Waals surface area contributed by atoms with Crippen LogP contribution in [0.2, 0.25) is 0 Å². The van der Waals surface area contributed by atoms with Crippen LogP contribution in [0.1, 0.15) is 18.2 Å². The van der Waals surface area contributed by atoms with Crippen molar-refractivity contribution < 1.29 is 13.6 Å². The average molecular weight is 347 g/mol. The number of benzene rings is 1. The topological polar surface area (TPSA) is 75.6 Å². The third-order valence-corrected chi connectivity index (χ3v) is 4.19. The number of carbonyl (C=O) groups is 1. The number of nitrogens with one attached hydrogen (secondary N) is 2. The Bertz CT molecular complexity index is 888. The Kier molecular flexibility index (Phi) is 4.78. The number of nitrogens with zero attached hydrogens (tertiary/aromatic N) is 3. The summed E-state index contributed by atoms with van der Waals surface area (Å²) in [5.41, 5.74) is 1.86. The molecule has 0 aliphatic carbocycles. The van der Waals surface area contributed by atoms with E-state index in [1.807, 2.05) is 6.92 Å². The molecule has 3 rings (SSSR count). The Morgan fingerprint density at radius 3 is 2.92 bits per heavy atom. The minimum Gasteiger partial charge on any atom is -0.356 e. The van der Waals surface area contributed by atoms with E-state index in [9.17, 15) is 13.6 Å². The predicted molar refractivity (Wildman–Crippen MR) is 88.9 cm³/mol. The summed E-state index contributed by atoms with van der Waals surface area (Å²) in [7, 11) is 0. The van der Waals surface area contributed by atoms with Crippen LogP contribution in [0, 0.1) is 24.5 Å². The molecule has 1 atom stereocenters. The minimum atomic E-state index is -0.616. The van der Waals surface area contributed by atoms with Crippen LogP contribution in [0.4, 0.5) is 8.78 Å². The molecule has 2 aromatic heterocycles. The highest BCUT2D eigenvalue weighted by Crippen LogP contribution is 2.25. The summed E-state index contributed by atoms with van der Waals surface area (Å²) in [5, 5.41) is 7.34. The highest BCUT2D eigenvalue weighted by atomic mass is 19.1. The fraction of sp³-hybridized carbons (Fsp3) is 0.353.